The molecule has 0 spiro atoms. The van der Waals surface area contributed by atoms with Crippen molar-refractivity contribution in [3.05, 3.63) is 42.5 Å². The second-order valence-electron chi connectivity index (χ2n) is 6.40. The number of amides is 2. The van der Waals surface area contributed by atoms with Gasteiger partial charge in [0.15, 0.2) is 0 Å². The zero-order valence-corrected chi connectivity index (χ0v) is 14.2. The monoisotopic (exact) mass is 341 g/mol. The van der Waals surface area contributed by atoms with Gasteiger partial charge < -0.3 is 15.7 Å². The number of anilines is 1. The molecule has 3 N–H and O–H groups in total. The van der Waals surface area contributed by atoms with Gasteiger partial charge in [-0.05, 0) is 30.8 Å². The topological polar surface area (TPSA) is 81.7 Å². The number of aliphatic carboxylic acids is 1. The summed E-state index contributed by atoms with van der Waals surface area (Å²) in [6.07, 6.45) is 1.56. The van der Waals surface area contributed by atoms with Crippen LogP contribution in [-0.2, 0) is 4.79 Å². The largest absolute Gasteiger partial charge is 0.480 e. The van der Waals surface area contributed by atoms with Gasteiger partial charge in [0.1, 0.15) is 0 Å². The Hall–Kier alpha value is -2.60. The van der Waals surface area contributed by atoms with Crippen LogP contribution in [0.1, 0.15) is 19.8 Å². The van der Waals surface area contributed by atoms with E-state index in [0.29, 0.717) is 6.54 Å². The van der Waals surface area contributed by atoms with E-state index in [9.17, 15) is 9.59 Å². The maximum Gasteiger partial charge on any atom is 0.319 e. The number of carbonyl (C=O) groups excluding carboxylic acids is 1. The Morgan fingerprint density at radius 3 is 2.60 bits per heavy atom. The maximum absolute atomic E-state index is 12.3. The Morgan fingerprint density at radius 1 is 1.16 bits per heavy atom. The van der Waals surface area contributed by atoms with Gasteiger partial charge in [-0.2, -0.15) is 0 Å². The number of hydrogen-bond donors (Lipinski definition) is 3. The van der Waals surface area contributed by atoms with E-state index in [0.717, 1.165) is 29.3 Å². The molecule has 1 saturated carbocycles. The van der Waals surface area contributed by atoms with Crippen LogP contribution in [0.4, 0.5) is 10.5 Å². The number of nitrogens with one attached hydrogen (secondary N) is 2. The molecule has 0 aliphatic heterocycles. The van der Waals surface area contributed by atoms with E-state index in [1.807, 2.05) is 54.3 Å². The molecule has 6 heteroatoms. The normalized spacial score (nSPS) is 19.4. The predicted molar refractivity (Wildman–Crippen MR) is 97.8 cm³/mol. The third kappa shape index (κ3) is 4.09. The van der Waals surface area contributed by atoms with Crippen molar-refractivity contribution in [3.63, 3.8) is 0 Å². The minimum absolute atomic E-state index is 0.0517. The predicted octanol–water partition coefficient (Wildman–Crippen LogP) is 2.90. The van der Waals surface area contributed by atoms with Crippen LogP contribution in [0.3, 0.4) is 0 Å². The molecule has 1 fully saturated rings. The van der Waals surface area contributed by atoms with Crippen LogP contribution in [-0.4, -0.2) is 47.2 Å². The minimum atomic E-state index is -0.813. The van der Waals surface area contributed by atoms with E-state index >= 15 is 0 Å². The molecule has 2 aromatic rings. The Kier molecular flexibility index (Phi) is 5.19. The number of carbonyl (C=O) groups is 2. The van der Waals surface area contributed by atoms with Crippen molar-refractivity contribution >= 4 is 28.5 Å². The van der Waals surface area contributed by atoms with E-state index in [1.54, 1.807) is 0 Å². The highest BCUT2D eigenvalue weighted by Gasteiger charge is 2.34. The van der Waals surface area contributed by atoms with Gasteiger partial charge in [0.25, 0.3) is 0 Å². The van der Waals surface area contributed by atoms with Crippen molar-refractivity contribution < 1.29 is 14.7 Å². The molecule has 3 rings (SSSR count). The van der Waals surface area contributed by atoms with Crippen LogP contribution in [0.25, 0.3) is 10.8 Å². The quantitative estimate of drug-likeness (QED) is 0.754. The highest BCUT2D eigenvalue weighted by Crippen LogP contribution is 2.26. The van der Waals surface area contributed by atoms with Crippen LogP contribution in [0.5, 0.6) is 0 Å². The smallest absolute Gasteiger partial charge is 0.319 e. The number of likely N-dealkylation sites (N-methyl/N-ethyl adjacent to an activating group) is 1. The number of carboxylic acid groups (broad SMARTS) is 1. The molecular weight excluding hydrogens is 318 g/mol. The number of carboxylic acids is 1. The van der Waals surface area contributed by atoms with Crippen molar-refractivity contribution in [2.24, 2.45) is 0 Å². The van der Waals surface area contributed by atoms with Gasteiger partial charge in [-0.15, -0.1) is 0 Å². The summed E-state index contributed by atoms with van der Waals surface area (Å²) in [4.78, 5) is 25.0. The lowest BCUT2D eigenvalue weighted by molar-refractivity contribution is -0.139. The van der Waals surface area contributed by atoms with Crippen LogP contribution >= 0.6 is 0 Å². The molecule has 1 aliphatic rings. The van der Waals surface area contributed by atoms with E-state index in [4.69, 9.17) is 5.11 Å². The average Bonchev–Trinajstić information content (AvgIpc) is 2.56. The van der Waals surface area contributed by atoms with Gasteiger partial charge in [0.05, 0.1) is 12.2 Å². The summed E-state index contributed by atoms with van der Waals surface area (Å²) in [6.45, 7) is 2.71. The molecule has 0 saturated heterocycles. The lowest BCUT2D eigenvalue weighted by Gasteiger charge is -2.42. The molecule has 0 radical (unpaired) electrons. The van der Waals surface area contributed by atoms with Crippen LogP contribution in [0.15, 0.2) is 42.5 Å². The summed E-state index contributed by atoms with van der Waals surface area (Å²) in [5, 5.41) is 16.9. The highest BCUT2D eigenvalue weighted by molar-refractivity contribution is 6.01. The fourth-order valence-corrected chi connectivity index (χ4v) is 3.35. The van der Waals surface area contributed by atoms with Crippen molar-refractivity contribution in [1.82, 2.24) is 10.2 Å². The first-order valence-electron chi connectivity index (χ1n) is 8.58. The average molecular weight is 341 g/mol. The molecule has 1 aliphatic carbocycles. The van der Waals surface area contributed by atoms with Gasteiger partial charge in [0.2, 0.25) is 0 Å². The summed E-state index contributed by atoms with van der Waals surface area (Å²) in [5.74, 6) is -0.813. The SMILES string of the molecule is CCN(CC(=O)O)C1CC(NC(=O)Nc2cccc3ccccc23)C1. The number of benzene rings is 2. The molecule has 0 atom stereocenters. The number of urea groups is 1. The van der Waals surface area contributed by atoms with Crippen molar-refractivity contribution in [1.29, 1.82) is 0 Å². The van der Waals surface area contributed by atoms with Crippen molar-refractivity contribution in [2.45, 2.75) is 31.8 Å². The van der Waals surface area contributed by atoms with Crippen LogP contribution in [0.2, 0.25) is 0 Å². The van der Waals surface area contributed by atoms with Gasteiger partial charge in [-0.25, -0.2) is 4.79 Å². The van der Waals surface area contributed by atoms with Gasteiger partial charge >= 0.3 is 12.0 Å². The molecule has 0 aromatic heterocycles. The molecule has 2 amide bonds. The Balaban J connectivity index is 1.53. The van der Waals surface area contributed by atoms with E-state index < -0.39 is 5.97 Å². The Labute approximate surface area is 146 Å². The lowest BCUT2D eigenvalue weighted by Crippen LogP contribution is -2.55. The number of fused-ring (bicyclic) bond motifs is 1. The maximum atomic E-state index is 12.3. The summed E-state index contributed by atoms with van der Waals surface area (Å²) < 4.78 is 0. The molecular formula is C19H23N3O3. The highest BCUT2D eigenvalue weighted by atomic mass is 16.4. The summed E-state index contributed by atoms with van der Waals surface area (Å²) in [7, 11) is 0. The zero-order valence-electron chi connectivity index (χ0n) is 14.2. The number of rotatable bonds is 6. The zero-order chi connectivity index (χ0) is 17.8. The van der Waals surface area contributed by atoms with Gasteiger partial charge in [-0.3, -0.25) is 9.69 Å². The first kappa shape index (κ1) is 17.2. The Morgan fingerprint density at radius 2 is 1.88 bits per heavy atom. The van der Waals surface area contributed by atoms with Gasteiger partial charge in [-0.1, -0.05) is 43.3 Å². The first-order chi connectivity index (χ1) is 12.1. The van der Waals surface area contributed by atoms with E-state index in [-0.39, 0.29) is 24.7 Å². The second-order valence-corrected chi connectivity index (χ2v) is 6.40. The minimum Gasteiger partial charge on any atom is -0.480 e. The standard InChI is InChI=1S/C19H23N3O3/c1-2-22(12-18(23)24)15-10-14(11-15)20-19(25)21-17-9-5-7-13-6-3-4-8-16(13)17/h3-9,14-15H,2,10-12H2,1H3,(H,23,24)(H2,20,21,25). The first-order valence-corrected chi connectivity index (χ1v) is 8.58. The third-order valence-corrected chi connectivity index (χ3v) is 4.75. The Bertz CT molecular complexity index is 766. The summed E-state index contributed by atoms with van der Waals surface area (Å²) in [6, 6.07) is 13.8. The second kappa shape index (κ2) is 7.53. The fraction of sp³-hybridized carbons (Fsp3) is 0.368. The molecule has 2 aromatic carbocycles. The van der Waals surface area contributed by atoms with Crippen LogP contribution < -0.4 is 10.6 Å². The summed E-state index contributed by atoms with van der Waals surface area (Å²) >= 11 is 0. The third-order valence-electron chi connectivity index (χ3n) is 4.75. The number of hydrogen-bond acceptors (Lipinski definition) is 3. The van der Waals surface area contributed by atoms with E-state index in [2.05, 4.69) is 10.6 Å². The summed E-state index contributed by atoms with van der Waals surface area (Å²) in [5.41, 5.74) is 0.785. The fourth-order valence-electron chi connectivity index (χ4n) is 3.35. The van der Waals surface area contributed by atoms with Crippen molar-refractivity contribution in [2.75, 3.05) is 18.4 Å². The lowest BCUT2D eigenvalue weighted by atomic mass is 9.85. The molecule has 0 heterocycles. The van der Waals surface area contributed by atoms with Gasteiger partial charge in [0, 0.05) is 17.5 Å². The molecule has 0 bridgehead atoms. The van der Waals surface area contributed by atoms with Crippen LogP contribution in [0, 0.1) is 0 Å². The molecule has 132 valence electrons. The van der Waals surface area contributed by atoms with Crippen molar-refractivity contribution in [3.8, 4) is 0 Å². The number of nitrogens with zero attached hydrogens (tertiary/aromatic N) is 1. The molecule has 25 heavy (non-hydrogen) atoms. The molecule has 6 nitrogen and oxygen atoms in total. The van der Waals surface area contributed by atoms with E-state index in [1.165, 1.54) is 0 Å². The molecule has 0 unspecified atom stereocenters.